The molecule has 0 spiro atoms. The SMILES string of the molecule is O=C(O)c1cccc(C(=O)O)c1.O=S(=O)([O-])c1ccccc1.c1ccc(C[P+](c2ccccc2)(c2ccccc2)c2ccccc2)cc1. The maximum absolute atomic E-state index is 10.4. The first kappa shape index (κ1) is 35.5. The lowest BCUT2D eigenvalue weighted by atomic mass is 10.1. The molecule has 242 valence electrons. The van der Waals surface area contributed by atoms with Gasteiger partial charge in [0.1, 0.15) is 33.3 Å². The molecule has 0 saturated carbocycles. The van der Waals surface area contributed by atoms with Crippen LogP contribution in [0, 0.1) is 0 Å². The van der Waals surface area contributed by atoms with Gasteiger partial charge in [0.2, 0.25) is 0 Å². The molecular weight excluding hydrogens is 643 g/mol. The van der Waals surface area contributed by atoms with E-state index in [1.54, 1.807) is 6.07 Å². The van der Waals surface area contributed by atoms with E-state index in [4.69, 9.17) is 10.2 Å². The van der Waals surface area contributed by atoms with E-state index < -0.39 is 29.3 Å². The minimum atomic E-state index is -4.25. The summed E-state index contributed by atoms with van der Waals surface area (Å²) in [7, 11) is -6.03. The lowest BCUT2D eigenvalue weighted by Gasteiger charge is -2.27. The molecule has 2 N–H and O–H groups in total. The number of carbonyl (C=O) groups is 2. The molecule has 0 aliphatic rings. The summed E-state index contributed by atoms with van der Waals surface area (Å²) in [6.45, 7) is 0. The van der Waals surface area contributed by atoms with Crippen LogP contribution in [0.4, 0.5) is 0 Å². The van der Waals surface area contributed by atoms with Crippen LogP contribution in [0.25, 0.3) is 0 Å². The Morgan fingerprint density at radius 3 is 1.15 bits per heavy atom. The Bertz CT molecular complexity index is 1880. The Balaban J connectivity index is 0.000000195. The van der Waals surface area contributed by atoms with Gasteiger partial charge in [0.15, 0.2) is 0 Å². The van der Waals surface area contributed by atoms with E-state index in [1.165, 1.54) is 63.9 Å². The van der Waals surface area contributed by atoms with Gasteiger partial charge >= 0.3 is 11.9 Å². The molecule has 0 amide bonds. The van der Waals surface area contributed by atoms with Crippen molar-refractivity contribution in [3.63, 3.8) is 0 Å². The quantitative estimate of drug-likeness (QED) is 0.133. The van der Waals surface area contributed by atoms with E-state index in [2.05, 4.69) is 121 Å². The molecule has 0 fully saturated rings. The molecule has 0 aliphatic carbocycles. The standard InChI is InChI=1S/C25H22P.C8H6O4.C6H6O3S/c1-5-13-22(14-6-1)21-26(23-15-7-2-8-16-23,24-17-9-3-10-18-24)25-19-11-4-12-20-25;9-7(10)5-2-1-3-6(4-5)8(11)12;7-10(8,9)6-4-2-1-3-5-6/h1-20H,21H2;1-4H,(H,9,10)(H,11,12);1-5H,(H,7,8,9)/q+1;;/p-1. The molecule has 7 nitrogen and oxygen atoms in total. The zero-order valence-corrected chi connectivity index (χ0v) is 27.5. The summed E-state index contributed by atoms with van der Waals surface area (Å²) in [4.78, 5) is 20.6. The summed E-state index contributed by atoms with van der Waals surface area (Å²) in [5, 5.41) is 21.3. The summed E-state index contributed by atoms with van der Waals surface area (Å²) in [6.07, 6.45) is 1.03. The highest BCUT2D eigenvalue weighted by Gasteiger charge is 2.45. The Kier molecular flexibility index (Phi) is 12.5. The van der Waals surface area contributed by atoms with Crippen molar-refractivity contribution in [3.8, 4) is 0 Å². The normalized spacial score (nSPS) is 10.8. The van der Waals surface area contributed by atoms with Crippen molar-refractivity contribution in [2.75, 3.05) is 0 Å². The van der Waals surface area contributed by atoms with E-state index in [0.717, 1.165) is 12.2 Å². The monoisotopic (exact) mass is 676 g/mol. The van der Waals surface area contributed by atoms with Gasteiger partial charge < -0.3 is 14.8 Å². The molecule has 6 aromatic carbocycles. The van der Waals surface area contributed by atoms with E-state index >= 15 is 0 Å². The maximum Gasteiger partial charge on any atom is 0.335 e. The van der Waals surface area contributed by atoms with Crippen LogP contribution in [0.1, 0.15) is 26.3 Å². The molecule has 0 unspecified atom stereocenters. The first-order valence-corrected chi connectivity index (χ1v) is 18.2. The average Bonchev–Trinajstić information content (AvgIpc) is 3.13. The van der Waals surface area contributed by atoms with Crippen LogP contribution in [0.2, 0.25) is 0 Å². The van der Waals surface area contributed by atoms with Crippen LogP contribution in [0.5, 0.6) is 0 Å². The van der Waals surface area contributed by atoms with Crippen molar-refractivity contribution in [2.24, 2.45) is 0 Å². The van der Waals surface area contributed by atoms with Crippen molar-refractivity contribution >= 4 is 45.2 Å². The van der Waals surface area contributed by atoms with Gasteiger partial charge in [-0.05, 0) is 72.3 Å². The molecule has 0 radical (unpaired) electrons. The lowest BCUT2D eigenvalue weighted by molar-refractivity contribution is 0.0696. The summed E-state index contributed by atoms with van der Waals surface area (Å²) in [6, 6.07) is 56.4. The molecule has 6 aromatic rings. The van der Waals surface area contributed by atoms with Crippen LogP contribution in [0.15, 0.2) is 181 Å². The van der Waals surface area contributed by atoms with Crippen molar-refractivity contribution in [2.45, 2.75) is 11.1 Å². The zero-order valence-electron chi connectivity index (χ0n) is 25.7. The number of carboxylic acids is 2. The summed E-state index contributed by atoms with van der Waals surface area (Å²) >= 11 is 0. The number of rotatable bonds is 8. The van der Waals surface area contributed by atoms with E-state index in [9.17, 15) is 22.6 Å². The molecule has 0 bridgehead atoms. The van der Waals surface area contributed by atoms with Gasteiger partial charge in [-0.2, -0.15) is 0 Å². The molecule has 48 heavy (non-hydrogen) atoms. The minimum Gasteiger partial charge on any atom is -0.744 e. The summed E-state index contributed by atoms with van der Waals surface area (Å²) in [5.41, 5.74) is 1.35. The fourth-order valence-electron chi connectivity index (χ4n) is 5.00. The average molecular weight is 677 g/mol. The van der Waals surface area contributed by atoms with Gasteiger partial charge in [-0.25, -0.2) is 18.0 Å². The molecule has 0 atom stereocenters. The summed E-state index contributed by atoms with van der Waals surface area (Å²) in [5.74, 6) is -2.25. The Hall–Kier alpha value is -5.40. The number of benzene rings is 6. The van der Waals surface area contributed by atoms with Gasteiger partial charge in [0, 0.05) is 0 Å². The van der Waals surface area contributed by atoms with Crippen LogP contribution in [-0.2, 0) is 16.3 Å². The number of hydrogen-bond acceptors (Lipinski definition) is 5. The maximum atomic E-state index is 10.4. The van der Waals surface area contributed by atoms with Gasteiger partial charge in [0.05, 0.1) is 22.2 Å². The minimum absolute atomic E-state index is 0.0186. The second-order valence-electron chi connectivity index (χ2n) is 10.4. The second kappa shape index (κ2) is 17.0. The highest BCUT2D eigenvalue weighted by Crippen LogP contribution is 2.58. The fourth-order valence-corrected chi connectivity index (χ4v) is 9.73. The van der Waals surface area contributed by atoms with Crippen molar-refractivity contribution in [3.05, 3.63) is 193 Å². The third-order valence-electron chi connectivity index (χ3n) is 7.24. The summed E-state index contributed by atoms with van der Waals surface area (Å²) < 4.78 is 30.8. The van der Waals surface area contributed by atoms with E-state index in [-0.39, 0.29) is 16.0 Å². The number of carboxylic acid groups (broad SMARTS) is 2. The van der Waals surface area contributed by atoms with Crippen molar-refractivity contribution in [1.82, 2.24) is 0 Å². The van der Waals surface area contributed by atoms with Crippen molar-refractivity contribution in [1.29, 1.82) is 0 Å². The molecule has 6 rings (SSSR count). The Labute approximate surface area is 280 Å². The second-order valence-corrected chi connectivity index (χ2v) is 15.3. The van der Waals surface area contributed by atoms with Crippen LogP contribution in [0.3, 0.4) is 0 Å². The third kappa shape index (κ3) is 9.56. The van der Waals surface area contributed by atoms with Gasteiger partial charge in [-0.1, -0.05) is 109 Å². The molecule has 0 aliphatic heterocycles. The van der Waals surface area contributed by atoms with Crippen LogP contribution >= 0.6 is 7.26 Å². The highest BCUT2D eigenvalue weighted by atomic mass is 32.2. The van der Waals surface area contributed by atoms with Gasteiger partial charge in [0.25, 0.3) is 0 Å². The molecule has 9 heteroatoms. The van der Waals surface area contributed by atoms with E-state index in [0.29, 0.717) is 0 Å². The predicted octanol–water partition coefficient (Wildman–Crippen LogP) is 6.85. The largest absolute Gasteiger partial charge is 0.744 e. The van der Waals surface area contributed by atoms with Gasteiger partial charge in [-0.15, -0.1) is 0 Å². The van der Waals surface area contributed by atoms with Crippen LogP contribution in [-0.4, -0.2) is 35.1 Å². The van der Waals surface area contributed by atoms with E-state index in [1.807, 2.05) is 0 Å². The number of hydrogen-bond donors (Lipinski definition) is 2. The molecular formula is C39H33O7PS. The Morgan fingerprint density at radius 2 is 0.833 bits per heavy atom. The third-order valence-corrected chi connectivity index (χ3v) is 12.5. The zero-order chi connectivity index (χ0) is 34.4. The van der Waals surface area contributed by atoms with Crippen LogP contribution < -0.4 is 15.9 Å². The molecule has 0 heterocycles. The fraction of sp³-hybridized carbons (Fsp3) is 0.0256. The molecule has 0 saturated heterocycles. The Morgan fingerprint density at radius 1 is 0.500 bits per heavy atom. The highest BCUT2D eigenvalue weighted by molar-refractivity contribution is 7.95. The lowest BCUT2D eigenvalue weighted by Crippen LogP contribution is -2.32. The van der Waals surface area contributed by atoms with Crippen molar-refractivity contribution < 1.29 is 32.8 Å². The smallest absolute Gasteiger partial charge is 0.335 e. The first-order valence-electron chi connectivity index (χ1n) is 14.8. The van der Waals surface area contributed by atoms with Gasteiger partial charge in [-0.3, -0.25) is 0 Å². The topological polar surface area (TPSA) is 132 Å². The predicted molar refractivity (Wildman–Crippen MR) is 190 cm³/mol. The number of aromatic carboxylic acids is 2. The molecule has 0 aromatic heterocycles. The first-order chi connectivity index (χ1) is 23.1.